The van der Waals surface area contributed by atoms with Crippen molar-refractivity contribution in [2.24, 2.45) is 0 Å². The number of nitrogens with one attached hydrogen (secondary N) is 2. The number of rotatable bonds is 6. The van der Waals surface area contributed by atoms with Gasteiger partial charge in [0.05, 0.1) is 0 Å². The molecule has 0 saturated heterocycles. The van der Waals surface area contributed by atoms with Gasteiger partial charge in [0.1, 0.15) is 17.7 Å². The summed E-state index contributed by atoms with van der Waals surface area (Å²) < 4.78 is 5.24. The van der Waals surface area contributed by atoms with E-state index in [1.807, 2.05) is 46.8 Å². The van der Waals surface area contributed by atoms with Crippen LogP contribution in [0.5, 0.6) is 0 Å². The lowest BCUT2D eigenvalue weighted by Gasteiger charge is -2.32. The van der Waals surface area contributed by atoms with Gasteiger partial charge in [-0.3, -0.25) is 14.5 Å². The number of benzene rings is 1. The molecule has 0 aromatic heterocycles. The molecular weight excluding hydrogens is 426 g/mol. The molecule has 8 heteroatoms. The zero-order chi connectivity index (χ0) is 24.9. The number of carbonyl (C=O) groups is 3. The summed E-state index contributed by atoms with van der Waals surface area (Å²) in [5.74, 6) is -1.09. The van der Waals surface area contributed by atoms with Crippen molar-refractivity contribution >= 4 is 30.5 Å². The molecule has 0 saturated carbocycles. The number of terminal acetylenes is 1. The maximum absolute atomic E-state index is 13.4. The maximum Gasteiger partial charge on any atom is 0.408 e. The second-order valence-electron chi connectivity index (χ2n) is 9.72. The van der Waals surface area contributed by atoms with Crippen molar-refractivity contribution in [3.05, 3.63) is 34.9 Å². The summed E-state index contributed by atoms with van der Waals surface area (Å²) >= 11 is 4.20. The first kappa shape index (κ1) is 27.4. The molecule has 1 aromatic carbocycles. The topological polar surface area (TPSA) is 87.7 Å². The van der Waals surface area contributed by atoms with Crippen LogP contribution < -0.4 is 10.6 Å². The van der Waals surface area contributed by atoms with E-state index in [4.69, 9.17) is 11.2 Å². The average molecular weight is 462 g/mol. The minimum absolute atomic E-state index is 0.0310. The normalized spacial score (nSPS) is 13.4. The smallest absolute Gasteiger partial charge is 0.408 e. The fraction of sp³-hybridized carbons (Fsp3) is 0.542. The Balaban J connectivity index is 3.38. The van der Waals surface area contributed by atoms with Gasteiger partial charge in [-0.05, 0) is 66.5 Å². The lowest BCUT2D eigenvalue weighted by molar-refractivity contribution is -0.138. The Bertz CT molecular complexity index is 894. The van der Waals surface area contributed by atoms with Gasteiger partial charge in [-0.15, -0.1) is 0 Å². The van der Waals surface area contributed by atoms with Crippen LogP contribution in [0.2, 0.25) is 0 Å². The fourth-order valence-corrected chi connectivity index (χ4v) is 3.28. The lowest BCUT2D eigenvalue weighted by Crippen LogP contribution is -2.54. The molecule has 0 fully saturated rings. The predicted octanol–water partition coefficient (Wildman–Crippen LogP) is 3.50. The van der Waals surface area contributed by atoms with Gasteiger partial charge in [0, 0.05) is 17.3 Å². The third-order valence-corrected chi connectivity index (χ3v) is 4.64. The summed E-state index contributed by atoms with van der Waals surface area (Å²) in [4.78, 5) is 39.9. The number of aryl methyl sites for hydroxylation is 2. The molecule has 2 atom stereocenters. The van der Waals surface area contributed by atoms with E-state index < -0.39 is 41.1 Å². The number of thiol groups is 1. The second kappa shape index (κ2) is 10.8. The first-order chi connectivity index (χ1) is 14.6. The Morgan fingerprint density at radius 3 is 2.19 bits per heavy atom. The van der Waals surface area contributed by atoms with Crippen LogP contribution in [-0.4, -0.2) is 45.7 Å². The lowest BCUT2D eigenvalue weighted by atomic mass is 9.96. The summed E-state index contributed by atoms with van der Waals surface area (Å²) in [6.45, 7) is 14.5. The van der Waals surface area contributed by atoms with E-state index in [-0.39, 0.29) is 5.75 Å². The third kappa shape index (κ3) is 8.12. The number of hydrogen-bond donors (Lipinski definition) is 3. The zero-order valence-electron chi connectivity index (χ0n) is 20.2. The SMILES string of the molecule is C#CN(C(=O)C(CS)NC(=O)OC(C)(C)C)C(C(=O)NC(C)(C)C)c1ccc(C)cc1C. The minimum atomic E-state index is -1.09. The summed E-state index contributed by atoms with van der Waals surface area (Å²) in [6.07, 6.45) is 4.95. The van der Waals surface area contributed by atoms with Crippen molar-refractivity contribution in [3.63, 3.8) is 0 Å². The molecule has 2 N–H and O–H groups in total. The molecule has 7 nitrogen and oxygen atoms in total. The first-order valence-electron chi connectivity index (χ1n) is 10.4. The highest BCUT2D eigenvalue weighted by molar-refractivity contribution is 7.80. The van der Waals surface area contributed by atoms with E-state index in [2.05, 4.69) is 29.3 Å². The summed E-state index contributed by atoms with van der Waals surface area (Å²) in [7, 11) is 0. The predicted molar refractivity (Wildman–Crippen MR) is 129 cm³/mol. The van der Waals surface area contributed by atoms with Crippen LogP contribution in [0.25, 0.3) is 0 Å². The van der Waals surface area contributed by atoms with Gasteiger partial charge < -0.3 is 15.4 Å². The van der Waals surface area contributed by atoms with Gasteiger partial charge in [0.25, 0.3) is 5.91 Å². The standard InChI is InChI=1S/C24H35N3O4S/c1-10-27(21(29)18(14-32)25-22(30)31-24(7,8)9)19(20(28)26-23(4,5)6)17-12-11-15(2)13-16(17)3/h1,11-13,18-19,32H,14H2,2-9H3,(H,25,30)(H,26,28). The molecule has 3 amide bonds. The van der Waals surface area contributed by atoms with Gasteiger partial charge >= 0.3 is 6.09 Å². The van der Waals surface area contributed by atoms with E-state index >= 15 is 0 Å². The molecule has 0 spiro atoms. The number of hydrogen-bond acceptors (Lipinski definition) is 5. The molecular formula is C24H35N3O4S. The zero-order valence-corrected chi connectivity index (χ0v) is 21.1. The van der Waals surface area contributed by atoms with Gasteiger partial charge in [0.15, 0.2) is 0 Å². The Morgan fingerprint density at radius 2 is 1.75 bits per heavy atom. The van der Waals surface area contributed by atoms with E-state index in [9.17, 15) is 14.4 Å². The number of amides is 3. The largest absolute Gasteiger partial charge is 0.444 e. The van der Waals surface area contributed by atoms with Gasteiger partial charge in [-0.25, -0.2) is 4.79 Å². The van der Waals surface area contributed by atoms with Crippen LogP contribution in [0.1, 0.15) is 64.3 Å². The molecule has 0 aliphatic rings. The van der Waals surface area contributed by atoms with Crippen molar-refractivity contribution in [1.82, 2.24) is 15.5 Å². The highest BCUT2D eigenvalue weighted by Gasteiger charge is 2.37. The molecule has 1 aromatic rings. The van der Waals surface area contributed by atoms with Crippen LogP contribution >= 0.6 is 12.6 Å². The van der Waals surface area contributed by atoms with E-state index in [1.165, 1.54) is 0 Å². The molecule has 0 aliphatic carbocycles. The quantitative estimate of drug-likeness (QED) is 0.344. The second-order valence-corrected chi connectivity index (χ2v) is 10.1. The van der Waals surface area contributed by atoms with Crippen molar-refractivity contribution in [1.29, 1.82) is 0 Å². The van der Waals surface area contributed by atoms with Crippen LogP contribution in [0.4, 0.5) is 4.79 Å². The Hall–Kier alpha value is -2.66. The Labute approximate surface area is 197 Å². The molecule has 0 aliphatic heterocycles. The number of nitrogens with zero attached hydrogens (tertiary/aromatic N) is 1. The third-order valence-electron chi connectivity index (χ3n) is 4.27. The molecule has 0 radical (unpaired) electrons. The maximum atomic E-state index is 13.4. The van der Waals surface area contributed by atoms with Crippen LogP contribution in [0.15, 0.2) is 18.2 Å². The van der Waals surface area contributed by atoms with E-state index in [0.717, 1.165) is 16.0 Å². The fourth-order valence-electron chi connectivity index (χ4n) is 3.04. The van der Waals surface area contributed by atoms with Crippen LogP contribution in [-0.2, 0) is 14.3 Å². The average Bonchev–Trinajstić information content (AvgIpc) is 2.61. The Morgan fingerprint density at radius 1 is 1.16 bits per heavy atom. The number of alkyl carbamates (subject to hydrolysis) is 1. The van der Waals surface area contributed by atoms with Crippen LogP contribution in [0, 0.1) is 26.3 Å². The Kier molecular flexibility index (Phi) is 9.22. The summed E-state index contributed by atoms with van der Waals surface area (Å²) in [6, 6.07) is 5.73. The highest BCUT2D eigenvalue weighted by atomic mass is 32.1. The van der Waals surface area contributed by atoms with Gasteiger partial charge in [0.2, 0.25) is 5.91 Å². The van der Waals surface area contributed by atoms with Crippen molar-refractivity contribution in [2.45, 2.75) is 78.6 Å². The van der Waals surface area contributed by atoms with Crippen molar-refractivity contribution < 1.29 is 19.1 Å². The highest BCUT2D eigenvalue weighted by Crippen LogP contribution is 2.26. The van der Waals surface area contributed by atoms with E-state index in [0.29, 0.717) is 5.56 Å². The molecule has 176 valence electrons. The first-order valence-corrected chi connectivity index (χ1v) is 11.0. The molecule has 2 unspecified atom stereocenters. The number of carbonyl (C=O) groups excluding carboxylic acids is 3. The van der Waals surface area contributed by atoms with Gasteiger partial charge in [-0.2, -0.15) is 12.6 Å². The molecule has 0 heterocycles. The molecule has 0 bridgehead atoms. The van der Waals surface area contributed by atoms with Crippen LogP contribution in [0.3, 0.4) is 0 Å². The van der Waals surface area contributed by atoms with E-state index in [1.54, 1.807) is 26.8 Å². The summed E-state index contributed by atoms with van der Waals surface area (Å²) in [5.41, 5.74) is 1.14. The molecule has 32 heavy (non-hydrogen) atoms. The summed E-state index contributed by atoms with van der Waals surface area (Å²) in [5, 5.41) is 5.40. The molecule has 1 rings (SSSR count). The monoisotopic (exact) mass is 461 g/mol. The van der Waals surface area contributed by atoms with Gasteiger partial charge in [-0.1, -0.05) is 30.2 Å². The van der Waals surface area contributed by atoms with Crippen molar-refractivity contribution in [3.8, 4) is 12.5 Å². The number of ether oxygens (including phenoxy) is 1. The van der Waals surface area contributed by atoms with Crippen molar-refractivity contribution in [2.75, 3.05) is 5.75 Å². The minimum Gasteiger partial charge on any atom is -0.444 e.